The van der Waals surface area contributed by atoms with Crippen molar-refractivity contribution in [2.24, 2.45) is 0 Å². The highest BCUT2D eigenvalue weighted by Gasteiger charge is 2.03. The summed E-state index contributed by atoms with van der Waals surface area (Å²) in [4.78, 5) is 12.1. The number of benzene rings is 3. The molecule has 0 aromatic heterocycles. The topological polar surface area (TPSA) is 59.6 Å². The molecule has 3 aromatic rings. The molecule has 3 rings (SSSR count). The lowest BCUT2D eigenvalue weighted by atomic mass is 10.2. The molecule has 0 aliphatic heterocycles. The van der Waals surface area contributed by atoms with Gasteiger partial charge in [-0.1, -0.05) is 30.3 Å². The number of rotatable bonds is 9. The van der Waals surface area contributed by atoms with Crippen LogP contribution in [0.15, 0.2) is 78.9 Å². The molecule has 0 unspecified atom stereocenters. The average molecular weight is 376 g/mol. The number of nitrogens with one attached hydrogen (secondary N) is 2. The van der Waals surface area contributed by atoms with Gasteiger partial charge in [0, 0.05) is 11.4 Å². The molecule has 144 valence electrons. The monoisotopic (exact) mass is 376 g/mol. The molecule has 0 atom stereocenters. The van der Waals surface area contributed by atoms with Crippen LogP contribution in [0, 0.1) is 0 Å². The maximum absolute atomic E-state index is 12.1. The van der Waals surface area contributed by atoms with E-state index in [1.54, 1.807) is 0 Å². The standard InChI is InChI=1S/C23H24N2O3/c1-2-27-21-14-10-20(11-15-21)25-23(26)16-24-19-8-12-22(13-9-19)28-17-18-6-4-3-5-7-18/h3-15,24H,2,16-17H2,1H3,(H,25,26). The molecule has 0 saturated heterocycles. The molecule has 0 radical (unpaired) electrons. The zero-order valence-corrected chi connectivity index (χ0v) is 15.9. The fraction of sp³-hybridized carbons (Fsp3) is 0.174. The molecule has 1 amide bonds. The van der Waals surface area contributed by atoms with Gasteiger partial charge in [-0.25, -0.2) is 0 Å². The zero-order chi connectivity index (χ0) is 19.6. The smallest absolute Gasteiger partial charge is 0.243 e. The predicted octanol–water partition coefficient (Wildman–Crippen LogP) is 4.71. The van der Waals surface area contributed by atoms with Gasteiger partial charge in [0.2, 0.25) is 5.91 Å². The number of carbonyl (C=O) groups excluding carboxylic acids is 1. The lowest BCUT2D eigenvalue weighted by Crippen LogP contribution is -2.21. The van der Waals surface area contributed by atoms with Crippen molar-refractivity contribution in [3.05, 3.63) is 84.4 Å². The second-order valence-electron chi connectivity index (χ2n) is 6.16. The van der Waals surface area contributed by atoms with E-state index in [4.69, 9.17) is 9.47 Å². The number of hydrogen-bond donors (Lipinski definition) is 2. The average Bonchev–Trinajstić information content (AvgIpc) is 2.74. The molecule has 28 heavy (non-hydrogen) atoms. The molecule has 0 aliphatic carbocycles. The van der Waals surface area contributed by atoms with E-state index in [-0.39, 0.29) is 12.5 Å². The largest absolute Gasteiger partial charge is 0.494 e. The van der Waals surface area contributed by atoms with Gasteiger partial charge in [0.1, 0.15) is 18.1 Å². The number of amides is 1. The minimum atomic E-state index is -0.117. The second-order valence-corrected chi connectivity index (χ2v) is 6.16. The zero-order valence-electron chi connectivity index (χ0n) is 15.9. The summed E-state index contributed by atoms with van der Waals surface area (Å²) in [5.74, 6) is 1.45. The molecular weight excluding hydrogens is 352 g/mol. The summed E-state index contributed by atoms with van der Waals surface area (Å²) in [5, 5.41) is 5.95. The first-order valence-corrected chi connectivity index (χ1v) is 9.26. The molecule has 0 spiro atoms. The first-order chi connectivity index (χ1) is 13.7. The van der Waals surface area contributed by atoms with Gasteiger partial charge in [0.25, 0.3) is 0 Å². The Bertz CT molecular complexity index is 863. The van der Waals surface area contributed by atoms with E-state index in [1.807, 2.05) is 85.8 Å². The van der Waals surface area contributed by atoms with Crippen LogP contribution < -0.4 is 20.1 Å². The van der Waals surface area contributed by atoms with Gasteiger partial charge >= 0.3 is 0 Å². The van der Waals surface area contributed by atoms with Crippen molar-refractivity contribution in [1.82, 2.24) is 0 Å². The van der Waals surface area contributed by atoms with Crippen LogP contribution in [-0.2, 0) is 11.4 Å². The van der Waals surface area contributed by atoms with Crippen LogP contribution in [0.25, 0.3) is 0 Å². The van der Waals surface area contributed by atoms with Crippen LogP contribution in [-0.4, -0.2) is 19.1 Å². The van der Waals surface area contributed by atoms with E-state index in [9.17, 15) is 4.79 Å². The Morgan fingerprint density at radius 1 is 0.786 bits per heavy atom. The van der Waals surface area contributed by atoms with Gasteiger partial charge in [-0.2, -0.15) is 0 Å². The van der Waals surface area contributed by atoms with E-state index in [2.05, 4.69) is 10.6 Å². The summed E-state index contributed by atoms with van der Waals surface area (Å²) in [6.07, 6.45) is 0. The molecule has 2 N–H and O–H groups in total. The number of anilines is 2. The first-order valence-electron chi connectivity index (χ1n) is 9.26. The Kier molecular flexibility index (Phi) is 6.90. The predicted molar refractivity (Wildman–Crippen MR) is 112 cm³/mol. The second kappa shape index (κ2) is 10.0. The molecule has 5 heteroatoms. The van der Waals surface area contributed by atoms with Gasteiger partial charge in [0.05, 0.1) is 13.2 Å². The van der Waals surface area contributed by atoms with Crippen molar-refractivity contribution >= 4 is 17.3 Å². The summed E-state index contributed by atoms with van der Waals surface area (Å²) in [6.45, 7) is 3.25. The van der Waals surface area contributed by atoms with Crippen molar-refractivity contribution in [2.75, 3.05) is 23.8 Å². The maximum Gasteiger partial charge on any atom is 0.243 e. The van der Waals surface area contributed by atoms with E-state index in [0.717, 1.165) is 28.4 Å². The quantitative estimate of drug-likeness (QED) is 0.568. The van der Waals surface area contributed by atoms with Crippen molar-refractivity contribution in [1.29, 1.82) is 0 Å². The number of carbonyl (C=O) groups is 1. The highest BCUT2D eigenvalue weighted by Crippen LogP contribution is 2.18. The third kappa shape index (κ3) is 6.06. The Hall–Kier alpha value is -3.47. The maximum atomic E-state index is 12.1. The first kappa shape index (κ1) is 19.3. The summed E-state index contributed by atoms with van der Waals surface area (Å²) in [7, 11) is 0. The van der Waals surface area contributed by atoms with Crippen molar-refractivity contribution in [2.45, 2.75) is 13.5 Å². The third-order valence-electron chi connectivity index (χ3n) is 4.00. The third-order valence-corrected chi connectivity index (χ3v) is 4.00. The Balaban J connectivity index is 1.43. The van der Waals surface area contributed by atoms with Gasteiger partial charge in [-0.05, 0) is 61.0 Å². The van der Waals surface area contributed by atoms with Crippen molar-refractivity contribution in [3.63, 3.8) is 0 Å². The minimum Gasteiger partial charge on any atom is -0.494 e. The number of ether oxygens (including phenoxy) is 2. The van der Waals surface area contributed by atoms with Crippen LogP contribution in [0.4, 0.5) is 11.4 Å². The van der Waals surface area contributed by atoms with E-state index >= 15 is 0 Å². The number of hydrogen-bond acceptors (Lipinski definition) is 4. The van der Waals surface area contributed by atoms with Gasteiger partial charge in [0.15, 0.2) is 0 Å². The van der Waals surface area contributed by atoms with E-state index in [1.165, 1.54) is 0 Å². The molecule has 0 saturated carbocycles. The lowest BCUT2D eigenvalue weighted by Gasteiger charge is -2.10. The summed E-state index contributed by atoms with van der Waals surface area (Å²) in [5.41, 5.74) is 2.71. The van der Waals surface area contributed by atoms with Crippen LogP contribution >= 0.6 is 0 Å². The van der Waals surface area contributed by atoms with Crippen LogP contribution in [0.2, 0.25) is 0 Å². The molecule has 0 aliphatic rings. The van der Waals surface area contributed by atoms with E-state index < -0.39 is 0 Å². The highest BCUT2D eigenvalue weighted by molar-refractivity contribution is 5.93. The van der Waals surface area contributed by atoms with Gasteiger partial charge in [-0.15, -0.1) is 0 Å². The van der Waals surface area contributed by atoms with Crippen LogP contribution in [0.5, 0.6) is 11.5 Å². The molecule has 3 aromatic carbocycles. The van der Waals surface area contributed by atoms with Gasteiger partial charge in [-0.3, -0.25) is 4.79 Å². The lowest BCUT2D eigenvalue weighted by molar-refractivity contribution is -0.114. The molecular formula is C23H24N2O3. The Morgan fingerprint density at radius 3 is 2.04 bits per heavy atom. The molecule has 0 fully saturated rings. The molecule has 0 heterocycles. The van der Waals surface area contributed by atoms with Gasteiger partial charge < -0.3 is 20.1 Å². The Morgan fingerprint density at radius 2 is 1.39 bits per heavy atom. The summed E-state index contributed by atoms with van der Waals surface area (Å²) >= 11 is 0. The normalized spacial score (nSPS) is 10.2. The molecule has 5 nitrogen and oxygen atoms in total. The van der Waals surface area contributed by atoms with Crippen molar-refractivity contribution < 1.29 is 14.3 Å². The minimum absolute atomic E-state index is 0.117. The highest BCUT2D eigenvalue weighted by atomic mass is 16.5. The fourth-order valence-electron chi connectivity index (χ4n) is 2.60. The molecule has 0 bridgehead atoms. The van der Waals surface area contributed by atoms with Crippen LogP contribution in [0.1, 0.15) is 12.5 Å². The summed E-state index contributed by atoms with van der Waals surface area (Å²) in [6, 6.07) is 24.9. The SMILES string of the molecule is CCOc1ccc(NC(=O)CNc2ccc(OCc3ccccc3)cc2)cc1. The van der Waals surface area contributed by atoms with Crippen molar-refractivity contribution in [3.8, 4) is 11.5 Å². The summed E-state index contributed by atoms with van der Waals surface area (Å²) < 4.78 is 11.1. The fourth-order valence-corrected chi connectivity index (χ4v) is 2.60. The Labute approximate surface area is 165 Å². The van der Waals surface area contributed by atoms with E-state index in [0.29, 0.717) is 13.2 Å². The van der Waals surface area contributed by atoms with Crippen LogP contribution in [0.3, 0.4) is 0 Å².